The fourth-order valence-corrected chi connectivity index (χ4v) is 3.08. The predicted molar refractivity (Wildman–Crippen MR) is 109 cm³/mol. The molecule has 0 radical (unpaired) electrons. The Balaban J connectivity index is 3.16. The Morgan fingerprint density at radius 2 is 0.923 bits per heavy atom. The summed E-state index contributed by atoms with van der Waals surface area (Å²) in [5, 5.41) is 0. The molecule has 0 aliphatic heterocycles. The van der Waals surface area contributed by atoms with Gasteiger partial charge in [0.25, 0.3) is 0 Å². The van der Waals surface area contributed by atoms with Gasteiger partial charge in [-0.3, -0.25) is 9.59 Å². The predicted octanol–water partition coefficient (Wildman–Crippen LogP) is 6.06. The molecular weight excluding hydrogens is 326 g/mol. The molecule has 0 saturated carbocycles. The highest BCUT2D eigenvalue weighted by molar-refractivity contribution is 5.73. The number of amides is 1. The van der Waals surface area contributed by atoms with Gasteiger partial charge in [0.2, 0.25) is 5.91 Å². The number of carbonyl (C=O) groups excluding carboxylic acids is 2. The molecule has 0 saturated heterocycles. The van der Waals surface area contributed by atoms with E-state index < -0.39 is 0 Å². The average molecular weight is 370 g/mol. The van der Waals surface area contributed by atoms with Crippen molar-refractivity contribution in [2.24, 2.45) is 5.73 Å². The van der Waals surface area contributed by atoms with Gasteiger partial charge in [-0.05, 0) is 33.6 Å². The molecule has 2 N–H and O–H groups in total. The van der Waals surface area contributed by atoms with Crippen molar-refractivity contribution in [1.82, 2.24) is 0 Å². The fraction of sp³-hybridized carbons (Fsp3) is 0.909. The summed E-state index contributed by atoms with van der Waals surface area (Å²) in [6.07, 6.45) is 18.3. The molecule has 0 aromatic rings. The minimum atomic E-state index is -0.359. The minimum Gasteiger partial charge on any atom is -0.460 e. The maximum atomic E-state index is 11.6. The average Bonchev–Trinajstić information content (AvgIpc) is 2.52. The Hall–Kier alpha value is -1.06. The maximum Gasteiger partial charge on any atom is 0.306 e. The van der Waals surface area contributed by atoms with Crippen LogP contribution in [-0.2, 0) is 14.3 Å². The topological polar surface area (TPSA) is 69.4 Å². The third-order valence-electron chi connectivity index (χ3n) is 4.47. The number of esters is 1. The van der Waals surface area contributed by atoms with Gasteiger partial charge < -0.3 is 10.5 Å². The molecule has 4 heteroatoms. The maximum absolute atomic E-state index is 11.6. The molecule has 4 nitrogen and oxygen atoms in total. The first kappa shape index (κ1) is 24.9. The largest absolute Gasteiger partial charge is 0.460 e. The number of carbonyl (C=O) groups is 2. The molecule has 154 valence electrons. The highest BCUT2D eigenvalue weighted by Gasteiger charge is 2.15. The van der Waals surface area contributed by atoms with Gasteiger partial charge in [-0.1, -0.05) is 77.0 Å². The van der Waals surface area contributed by atoms with Crippen LogP contribution in [0.5, 0.6) is 0 Å². The van der Waals surface area contributed by atoms with Crippen molar-refractivity contribution in [3.8, 4) is 0 Å². The van der Waals surface area contributed by atoms with E-state index in [4.69, 9.17) is 10.5 Å². The Morgan fingerprint density at radius 3 is 1.23 bits per heavy atom. The van der Waals surface area contributed by atoms with Crippen molar-refractivity contribution in [3.63, 3.8) is 0 Å². The molecule has 0 aliphatic rings. The van der Waals surface area contributed by atoms with Crippen LogP contribution in [0.1, 0.15) is 124 Å². The van der Waals surface area contributed by atoms with Crippen molar-refractivity contribution < 1.29 is 14.3 Å². The van der Waals surface area contributed by atoms with Gasteiger partial charge in [0.15, 0.2) is 0 Å². The summed E-state index contributed by atoms with van der Waals surface area (Å²) >= 11 is 0. The highest BCUT2D eigenvalue weighted by Crippen LogP contribution is 2.14. The lowest BCUT2D eigenvalue weighted by Crippen LogP contribution is -2.23. The zero-order chi connectivity index (χ0) is 19.7. The van der Waals surface area contributed by atoms with Crippen LogP contribution in [0, 0.1) is 0 Å². The van der Waals surface area contributed by atoms with Crippen LogP contribution < -0.4 is 5.73 Å². The molecule has 0 bridgehead atoms. The van der Waals surface area contributed by atoms with Crippen molar-refractivity contribution in [3.05, 3.63) is 0 Å². The summed E-state index contributed by atoms with van der Waals surface area (Å²) in [6, 6.07) is 0. The summed E-state index contributed by atoms with van der Waals surface area (Å²) in [6.45, 7) is 5.74. The number of unbranched alkanes of at least 4 members (excludes halogenated alkanes) is 13. The number of rotatable bonds is 17. The second kappa shape index (κ2) is 16.1. The van der Waals surface area contributed by atoms with E-state index >= 15 is 0 Å². The third-order valence-corrected chi connectivity index (χ3v) is 4.47. The summed E-state index contributed by atoms with van der Waals surface area (Å²) in [7, 11) is 0. The van der Waals surface area contributed by atoms with E-state index in [1.807, 2.05) is 20.8 Å². The van der Waals surface area contributed by atoms with Crippen LogP contribution in [0.3, 0.4) is 0 Å². The molecule has 0 rings (SSSR count). The number of hydrogen-bond donors (Lipinski definition) is 1. The lowest BCUT2D eigenvalue weighted by Gasteiger charge is -2.19. The minimum absolute atomic E-state index is 0.0645. The van der Waals surface area contributed by atoms with Gasteiger partial charge in [0.05, 0.1) is 0 Å². The van der Waals surface area contributed by atoms with Crippen LogP contribution in [0.15, 0.2) is 0 Å². The fourth-order valence-electron chi connectivity index (χ4n) is 3.08. The molecule has 0 aliphatic carbocycles. The van der Waals surface area contributed by atoms with Crippen molar-refractivity contribution >= 4 is 11.9 Å². The summed E-state index contributed by atoms with van der Waals surface area (Å²) < 4.78 is 5.31. The van der Waals surface area contributed by atoms with Crippen LogP contribution in [-0.4, -0.2) is 17.5 Å². The Morgan fingerprint density at radius 1 is 0.615 bits per heavy atom. The monoisotopic (exact) mass is 369 g/mol. The van der Waals surface area contributed by atoms with Crippen LogP contribution in [0.4, 0.5) is 0 Å². The molecule has 1 amide bonds. The molecule has 0 heterocycles. The highest BCUT2D eigenvalue weighted by atomic mass is 16.6. The lowest BCUT2D eigenvalue weighted by molar-refractivity contribution is -0.154. The van der Waals surface area contributed by atoms with E-state index in [1.54, 1.807) is 0 Å². The lowest BCUT2D eigenvalue weighted by atomic mass is 10.0. The summed E-state index contributed by atoms with van der Waals surface area (Å²) in [4.78, 5) is 22.2. The summed E-state index contributed by atoms with van der Waals surface area (Å²) in [5.74, 6) is -0.238. The molecule has 0 aromatic heterocycles. The van der Waals surface area contributed by atoms with Crippen molar-refractivity contribution in [2.75, 3.05) is 0 Å². The standard InChI is InChI=1S/C22H43NO3/c1-22(2,3)26-21(25)19-17-15-13-11-9-7-5-4-6-8-10-12-14-16-18-20(23)24/h4-19H2,1-3H3,(H2,23,24). The van der Waals surface area contributed by atoms with E-state index in [0.29, 0.717) is 12.8 Å². The molecule has 0 unspecified atom stereocenters. The second-order valence-electron chi connectivity index (χ2n) is 8.50. The summed E-state index contributed by atoms with van der Waals surface area (Å²) in [5.41, 5.74) is 4.76. The van der Waals surface area contributed by atoms with Gasteiger partial charge in [-0.15, -0.1) is 0 Å². The smallest absolute Gasteiger partial charge is 0.306 e. The third kappa shape index (κ3) is 21.0. The van der Waals surface area contributed by atoms with Crippen LogP contribution in [0.25, 0.3) is 0 Å². The quantitative estimate of drug-likeness (QED) is 0.250. The van der Waals surface area contributed by atoms with E-state index in [2.05, 4.69) is 0 Å². The van der Waals surface area contributed by atoms with E-state index in [1.165, 1.54) is 64.2 Å². The zero-order valence-electron chi connectivity index (χ0n) is 17.6. The first-order chi connectivity index (χ1) is 12.3. The molecule has 0 fully saturated rings. The molecule has 26 heavy (non-hydrogen) atoms. The van der Waals surface area contributed by atoms with Crippen molar-refractivity contribution in [1.29, 1.82) is 0 Å². The van der Waals surface area contributed by atoms with Crippen LogP contribution in [0.2, 0.25) is 0 Å². The first-order valence-corrected chi connectivity index (χ1v) is 10.8. The Labute approximate surface area is 161 Å². The van der Waals surface area contributed by atoms with Gasteiger partial charge in [0.1, 0.15) is 5.60 Å². The van der Waals surface area contributed by atoms with E-state index in [9.17, 15) is 9.59 Å². The zero-order valence-corrected chi connectivity index (χ0v) is 17.6. The Bertz CT molecular complexity index is 361. The number of primary amides is 1. The first-order valence-electron chi connectivity index (χ1n) is 10.8. The normalized spacial score (nSPS) is 11.5. The molecular formula is C22H43NO3. The van der Waals surface area contributed by atoms with E-state index in [-0.39, 0.29) is 17.5 Å². The number of hydrogen-bond acceptors (Lipinski definition) is 3. The molecule has 0 spiro atoms. The van der Waals surface area contributed by atoms with Gasteiger partial charge in [-0.25, -0.2) is 0 Å². The Kier molecular flexibility index (Phi) is 15.5. The van der Waals surface area contributed by atoms with Crippen LogP contribution >= 0.6 is 0 Å². The van der Waals surface area contributed by atoms with E-state index in [0.717, 1.165) is 25.7 Å². The SMILES string of the molecule is CC(C)(C)OC(=O)CCCCCCCCCCCCCCCCC(N)=O. The molecule has 0 atom stereocenters. The van der Waals surface area contributed by atoms with Gasteiger partial charge >= 0.3 is 5.97 Å². The van der Waals surface area contributed by atoms with Gasteiger partial charge in [0, 0.05) is 12.8 Å². The second-order valence-corrected chi connectivity index (χ2v) is 8.50. The number of ether oxygens (including phenoxy) is 1. The number of nitrogens with two attached hydrogens (primary N) is 1. The molecule has 0 aromatic carbocycles. The van der Waals surface area contributed by atoms with Gasteiger partial charge in [-0.2, -0.15) is 0 Å². The van der Waals surface area contributed by atoms with Crippen molar-refractivity contribution in [2.45, 2.75) is 129 Å².